The van der Waals surface area contributed by atoms with Gasteiger partial charge in [0.2, 0.25) is 0 Å². The molecule has 1 fully saturated rings. The third-order valence-corrected chi connectivity index (χ3v) is 5.07. The molecular weight excluding hydrogens is 326 g/mol. The molecule has 1 saturated heterocycles. The third-order valence-electron chi connectivity index (χ3n) is 5.07. The molecule has 1 aromatic heterocycles. The number of aryl methyl sites for hydroxylation is 1. The van der Waals surface area contributed by atoms with Gasteiger partial charge in [0.05, 0.1) is 0 Å². The second-order valence-corrected chi connectivity index (χ2v) is 7.07. The summed E-state index contributed by atoms with van der Waals surface area (Å²) in [6.07, 6.45) is 9.20. The Morgan fingerprint density at radius 2 is 2.12 bits per heavy atom. The molecule has 0 radical (unpaired) electrons. The van der Waals surface area contributed by atoms with E-state index in [0.717, 1.165) is 56.8 Å². The SMILES string of the molecule is CCNC(=NCCCCN1CCCCC1C)NCCn1cnnc1CC. The molecule has 0 spiro atoms. The van der Waals surface area contributed by atoms with Crippen molar-refractivity contribution in [1.82, 2.24) is 30.3 Å². The Morgan fingerprint density at radius 3 is 2.88 bits per heavy atom. The van der Waals surface area contributed by atoms with E-state index in [1.165, 1.54) is 38.8 Å². The van der Waals surface area contributed by atoms with Gasteiger partial charge in [0.25, 0.3) is 0 Å². The van der Waals surface area contributed by atoms with Gasteiger partial charge in [-0.1, -0.05) is 13.3 Å². The van der Waals surface area contributed by atoms with Crippen molar-refractivity contribution in [2.45, 2.75) is 71.9 Å². The van der Waals surface area contributed by atoms with Crippen molar-refractivity contribution in [2.24, 2.45) is 4.99 Å². The molecule has 2 heterocycles. The molecule has 1 aromatic rings. The molecule has 0 saturated carbocycles. The zero-order valence-electron chi connectivity index (χ0n) is 16.9. The first-order valence-electron chi connectivity index (χ1n) is 10.4. The van der Waals surface area contributed by atoms with Crippen LogP contribution in [0.3, 0.4) is 0 Å². The highest BCUT2D eigenvalue weighted by molar-refractivity contribution is 5.79. The van der Waals surface area contributed by atoms with Crippen LogP contribution in [0.1, 0.15) is 58.7 Å². The summed E-state index contributed by atoms with van der Waals surface area (Å²) in [6, 6.07) is 0.761. The van der Waals surface area contributed by atoms with Gasteiger partial charge in [-0.2, -0.15) is 0 Å². The third kappa shape index (κ3) is 6.94. The number of likely N-dealkylation sites (tertiary alicyclic amines) is 1. The van der Waals surface area contributed by atoms with Gasteiger partial charge in [-0.05, 0) is 52.6 Å². The molecule has 0 bridgehead atoms. The number of piperidine rings is 1. The highest BCUT2D eigenvalue weighted by atomic mass is 15.3. The van der Waals surface area contributed by atoms with Crippen molar-refractivity contribution in [3.8, 4) is 0 Å². The van der Waals surface area contributed by atoms with Crippen molar-refractivity contribution < 1.29 is 0 Å². The van der Waals surface area contributed by atoms with E-state index in [9.17, 15) is 0 Å². The Balaban J connectivity index is 1.65. The van der Waals surface area contributed by atoms with Crippen molar-refractivity contribution in [3.05, 3.63) is 12.2 Å². The van der Waals surface area contributed by atoms with Crippen LogP contribution >= 0.6 is 0 Å². The quantitative estimate of drug-likeness (QED) is 0.378. The molecule has 1 aliphatic heterocycles. The Bertz CT molecular complexity index is 526. The van der Waals surface area contributed by atoms with E-state index in [1.54, 1.807) is 6.33 Å². The topological polar surface area (TPSA) is 70.4 Å². The maximum Gasteiger partial charge on any atom is 0.191 e. The van der Waals surface area contributed by atoms with Crippen molar-refractivity contribution in [3.63, 3.8) is 0 Å². The molecule has 148 valence electrons. The second kappa shape index (κ2) is 11.9. The van der Waals surface area contributed by atoms with Gasteiger partial charge in [0.1, 0.15) is 12.2 Å². The van der Waals surface area contributed by atoms with Crippen LogP contribution in [-0.4, -0.2) is 64.4 Å². The number of rotatable bonds is 10. The minimum absolute atomic E-state index is 0.761. The van der Waals surface area contributed by atoms with Crippen LogP contribution in [0.5, 0.6) is 0 Å². The molecule has 1 unspecified atom stereocenters. The van der Waals surface area contributed by atoms with Gasteiger partial charge in [0, 0.05) is 38.6 Å². The molecule has 7 nitrogen and oxygen atoms in total. The smallest absolute Gasteiger partial charge is 0.191 e. The largest absolute Gasteiger partial charge is 0.357 e. The van der Waals surface area contributed by atoms with Gasteiger partial charge in [-0.3, -0.25) is 4.99 Å². The Kier molecular flexibility index (Phi) is 9.45. The van der Waals surface area contributed by atoms with Gasteiger partial charge in [0.15, 0.2) is 5.96 Å². The van der Waals surface area contributed by atoms with Gasteiger partial charge in [-0.25, -0.2) is 0 Å². The fraction of sp³-hybridized carbons (Fsp3) is 0.842. The molecule has 0 aromatic carbocycles. The van der Waals surface area contributed by atoms with E-state index in [0.29, 0.717) is 0 Å². The summed E-state index contributed by atoms with van der Waals surface area (Å²) in [5, 5.41) is 14.8. The minimum atomic E-state index is 0.761. The summed E-state index contributed by atoms with van der Waals surface area (Å²) in [6.45, 7) is 12.5. The minimum Gasteiger partial charge on any atom is -0.357 e. The summed E-state index contributed by atoms with van der Waals surface area (Å²) in [5.41, 5.74) is 0. The van der Waals surface area contributed by atoms with Gasteiger partial charge < -0.3 is 20.1 Å². The van der Waals surface area contributed by atoms with Crippen LogP contribution in [-0.2, 0) is 13.0 Å². The lowest BCUT2D eigenvalue weighted by atomic mass is 10.0. The fourth-order valence-electron chi connectivity index (χ4n) is 3.48. The standard InChI is InChI=1S/C19H37N7/c1-4-18-24-23-16-26(18)15-12-22-19(20-5-2)21-11-7-9-14-25-13-8-6-10-17(25)3/h16-17H,4-15H2,1-3H3,(H2,20,21,22). The molecular formula is C19H37N7. The maximum atomic E-state index is 4.71. The van der Waals surface area contributed by atoms with Crippen LogP contribution in [0.4, 0.5) is 0 Å². The lowest BCUT2D eigenvalue weighted by Crippen LogP contribution is -2.39. The first-order valence-corrected chi connectivity index (χ1v) is 10.4. The molecule has 2 N–H and O–H groups in total. The van der Waals surface area contributed by atoms with Crippen molar-refractivity contribution in [2.75, 3.05) is 32.7 Å². The van der Waals surface area contributed by atoms with Gasteiger partial charge in [-0.15, -0.1) is 10.2 Å². The fourth-order valence-corrected chi connectivity index (χ4v) is 3.48. The van der Waals surface area contributed by atoms with Gasteiger partial charge >= 0.3 is 0 Å². The number of nitrogens with one attached hydrogen (secondary N) is 2. The number of aromatic nitrogens is 3. The molecule has 7 heteroatoms. The zero-order chi connectivity index (χ0) is 18.6. The Morgan fingerprint density at radius 1 is 1.23 bits per heavy atom. The molecule has 0 aliphatic carbocycles. The highest BCUT2D eigenvalue weighted by Crippen LogP contribution is 2.16. The highest BCUT2D eigenvalue weighted by Gasteiger charge is 2.16. The lowest BCUT2D eigenvalue weighted by Gasteiger charge is -2.33. The van der Waals surface area contributed by atoms with Crippen molar-refractivity contribution in [1.29, 1.82) is 0 Å². The number of hydrogen-bond donors (Lipinski definition) is 2. The average molecular weight is 364 g/mol. The molecule has 2 rings (SSSR count). The normalized spacial score (nSPS) is 18.9. The van der Waals surface area contributed by atoms with Crippen LogP contribution in [0.25, 0.3) is 0 Å². The summed E-state index contributed by atoms with van der Waals surface area (Å²) in [4.78, 5) is 7.35. The first-order chi connectivity index (χ1) is 12.7. The number of nitrogens with zero attached hydrogens (tertiary/aromatic N) is 5. The van der Waals surface area contributed by atoms with E-state index < -0.39 is 0 Å². The molecule has 1 aliphatic rings. The van der Waals surface area contributed by atoms with Crippen LogP contribution in [0.15, 0.2) is 11.3 Å². The Hall–Kier alpha value is -1.63. The molecule has 1 atom stereocenters. The van der Waals surface area contributed by atoms with E-state index in [-0.39, 0.29) is 0 Å². The summed E-state index contributed by atoms with van der Waals surface area (Å²) >= 11 is 0. The maximum absolute atomic E-state index is 4.71. The summed E-state index contributed by atoms with van der Waals surface area (Å²) < 4.78 is 2.09. The summed E-state index contributed by atoms with van der Waals surface area (Å²) in [5.74, 6) is 1.94. The van der Waals surface area contributed by atoms with Crippen LogP contribution in [0.2, 0.25) is 0 Å². The molecule has 26 heavy (non-hydrogen) atoms. The van der Waals surface area contributed by atoms with E-state index >= 15 is 0 Å². The Labute approximate surface area is 158 Å². The predicted octanol–water partition coefficient (Wildman–Crippen LogP) is 2.05. The van der Waals surface area contributed by atoms with Crippen molar-refractivity contribution >= 4 is 5.96 Å². The number of hydrogen-bond acceptors (Lipinski definition) is 4. The second-order valence-electron chi connectivity index (χ2n) is 7.07. The average Bonchev–Trinajstić information content (AvgIpc) is 3.10. The van der Waals surface area contributed by atoms with E-state index in [4.69, 9.17) is 4.99 Å². The van der Waals surface area contributed by atoms with Crippen LogP contribution < -0.4 is 10.6 Å². The number of aliphatic imine (C=N–C) groups is 1. The predicted molar refractivity (Wildman–Crippen MR) is 108 cm³/mol. The zero-order valence-corrected chi connectivity index (χ0v) is 16.9. The van der Waals surface area contributed by atoms with E-state index in [2.05, 4.69) is 51.1 Å². The number of unbranched alkanes of at least 4 members (excludes halogenated alkanes) is 1. The molecule has 0 amide bonds. The van der Waals surface area contributed by atoms with E-state index in [1.807, 2.05) is 0 Å². The summed E-state index contributed by atoms with van der Waals surface area (Å²) in [7, 11) is 0. The first kappa shape index (κ1) is 20.7. The van der Waals surface area contributed by atoms with Crippen LogP contribution in [0, 0.1) is 0 Å². The lowest BCUT2D eigenvalue weighted by molar-refractivity contribution is 0.158. The number of guanidine groups is 1. The monoisotopic (exact) mass is 363 g/mol.